The van der Waals surface area contributed by atoms with Crippen LogP contribution < -0.4 is 9.47 Å². The zero-order chi connectivity index (χ0) is 21.1. The molecule has 0 spiro atoms. The van der Waals surface area contributed by atoms with Crippen LogP contribution in [0.15, 0.2) is 60.7 Å². The minimum atomic E-state index is -0.0199. The first-order chi connectivity index (χ1) is 14.6. The Morgan fingerprint density at radius 3 is 2.50 bits per heavy atom. The number of amides is 1. The molecule has 0 saturated carbocycles. The van der Waals surface area contributed by atoms with Crippen molar-refractivity contribution < 1.29 is 14.3 Å². The fraction of sp³-hybridized carbons (Fsp3) is 0.217. The first-order valence-electron chi connectivity index (χ1n) is 9.63. The second kappa shape index (κ2) is 8.59. The predicted octanol–water partition coefficient (Wildman–Crippen LogP) is 4.56. The molecule has 2 heterocycles. The van der Waals surface area contributed by atoms with Gasteiger partial charge in [0.05, 0.1) is 29.9 Å². The Balaban J connectivity index is 1.44. The zero-order valence-electron chi connectivity index (χ0n) is 17.2. The Bertz CT molecular complexity index is 1150. The highest BCUT2D eigenvalue weighted by molar-refractivity contribution is 7.20. The van der Waals surface area contributed by atoms with Gasteiger partial charge in [-0.25, -0.2) is 4.68 Å². The fourth-order valence-corrected chi connectivity index (χ4v) is 4.34. The summed E-state index contributed by atoms with van der Waals surface area (Å²) in [4.78, 5) is 16.3. The van der Waals surface area contributed by atoms with Crippen molar-refractivity contribution in [1.29, 1.82) is 0 Å². The van der Waals surface area contributed by atoms with Gasteiger partial charge >= 0.3 is 0 Å². The van der Waals surface area contributed by atoms with Gasteiger partial charge in [0, 0.05) is 12.4 Å². The number of benzene rings is 2. The first-order valence-corrected chi connectivity index (χ1v) is 10.5. The van der Waals surface area contributed by atoms with Crippen LogP contribution in [0.5, 0.6) is 11.5 Å². The van der Waals surface area contributed by atoms with Crippen LogP contribution in [0.25, 0.3) is 15.9 Å². The maximum atomic E-state index is 12.9. The Morgan fingerprint density at radius 1 is 1.10 bits per heavy atom. The number of nitrogens with zero attached hydrogens (tertiary/aromatic N) is 3. The van der Waals surface area contributed by atoms with Crippen LogP contribution in [-0.4, -0.2) is 47.9 Å². The second-order valence-corrected chi connectivity index (χ2v) is 7.94. The molecule has 0 bridgehead atoms. The van der Waals surface area contributed by atoms with Gasteiger partial charge in [0.15, 0.2) is 0 Å². The molecule has 4 aromatic rings. The SMILES string of the molecule is COc1ccc(OCCN(C)C(=O)c2cc3c(C)nn(-c4ccccc4)c3s2)cc1. The monoisotopic (exact) mass is 421 g/mol. The highest BCUT2D eigenvalue weighted by atomic mass is 32.1. The minimum Gasteiger partial charge on any atom is -0.497 e. The third-order valence-corrected chi connectivity index (χ3v) is 5.96. The molecule has 6 nitrogen and oxygen atoms in total. The van der Waals surface area contributed by atoms with Gasteiger partial charge < -0.3 is 14.4 Å². The fourth-order valence-electron chi connectivity index (χ4n) is 3.16. The van der Waals surface area contributed by atoms with Crippen LogP contribution in [0.4, 0.5) is 0 Å². The van der Waals surface area contributed by atoms with Crippen molar-refractivity contribution in [2.45, 2.75) is 6.92 Å². The van der Waals surface area contributed by atoms with Crippen molar-refractivity contribution in [3.8, 4) is 17.2 Å². The number of likely N-dealkylation sites (N-methyl/N-ethyl adjacent to an activating group) is 1. The number of aromatic nitrogens is 2. The van der Waals surface area contributed by atoms with E-state index < -0.39 is 0 Å². The van der Waals surface area contributed by atoms with Crippen LogP contribution in [0.3, 0.4) is 0 Å². The Labute approximate surface area is 179 Å². The molecule has 0 unspecified atom stereocenters. The number of methoxy groups -OCH3 is 1. The molecule has 0 aliphatic heterocycles. The highest BCUT2D eigenvalue weighted by Gasteiger charge is 2.19. The van der Waals surface area contributed by atoms with Crippen LogP contribution in [0.1, 0.15) is 15.4 Å². The molecule has 2 aromatic carbocycles. The summed E-state index contributed by atoms with van der Waals surface area (Å²) >= 11 is 1.46. The zero-order valence-corrected chi connectivity index (χ0v) is 18.0. The van der Waals surface area contributed by atoms with Gasteiger partial charge in [-0.1, -0.05) is 18.2 Å². The lowest BCUT2D eigenvalue weighted by molar-refractivity contribution is 0.0778. The van der Waals surface area contributed by atoms with E-state index in [9.17, 15) is 4.79 Å². The van der Waals surface area contributed by atoms with Crippen LogP contribution in [0, 0.1) is 6.92 Å². The standard InChI is InChI=1S/C23H23N3O3S/c1-16-20-15-21(30-23(20)26(24-16)17-7-5-4-6-8-17)22(27)25(2)13-14-29-19-11-9-18(28-3)10-12-19/h4-12,15H,13-14H2,1-3H3. The molecule has 0 saturated heterocycles. The van der Waals surface area contributed by atoms with E-state index in [1.165, 1.54) is 11.3 Å². The molecular weight excluding hydrogens is 398 g/mol. The topological polar surface area (TPSA) is 56.6 Å². The lowest BCUT2D eigenvalue weighted by Crippen LogP contribution is -2.30. The summed E-state index contributed by atoms with van der Waals surface area (Å²) in [7, 11) is 3.42. The summed E-state index contributed by atoms with van der Waals surface area (Å²) in [6.45, 7) is 2.87. The quantitative estimate of drug-likeness (QED) is 0.439. The van der Waals surface area contributed by atoms with E-state index in [0.29, 0.717) is 18.0 Å². The van der Waals surface area contributed by atoms with Crippen LogP contribution in [-0.2, 0) is 0 Å². The predicted molar refractivity (Wildman–Crippen MR) is 119 cm³/mol. The molecule has 0 atom stereocenters. The molecule has 0 N–H and O–H groups in total. The number of hydrogen-bond acceptors (Lipinski definition) is 5. The average Bonchev–Trinajstić information content (AvgIpc) is 3.35. The third kappa shape index (κ3) is 4.02. The summed E-state index contributed by atoms with van der Waals surface area (Å²) < 4.78 is 12.8. The molecule has 154 valence electrons. The van der Waals surface area contributed by atoms with E-state index >= 15 is 0 Å². The minimum absolute atomic E-state index is 0.0199. The van der Waals surface area contributed by atoms with E-state index in [-0.39, 0.29) is 5.91 Å². The number of carbonyl (C=O) groups is 1. The Kier molecular flexibility index (Phi) is 5.72. The van der Waals surface area contributed by atoms with E-state index in [1.54, 1.807) is 19.1 Å². The molecule has 0 aliphatic carbocycles. The molecule has 7 heteroatoms. The van der Waals surface area contributed by atoms with Gasteiger partial charge in [0.2, 0.25) is 0 Å². The first kappa shape index (κ1) is 20.0. The maximum absolute atomic E-state index is 12.9. The van der Waals surface area contributed by atoms with Gasteiger partial charge in [-0.2, -0.15) is 5.10 Å². The summed E-state index contributed by atoms with van der Waals surface area (Å²) in [5.74, 6) is 1.51. The van der Waals surface area contributed by atoms with E-state index in [1.807, 2.05) is 72.3 Å². The molecule has 0 fully saturated rings. The highest BCUT2D eigenvalue weighted by Crippen LogP contribution is 2.31. The lowest BCUT2D eigenvalue weighted by Gasteiger charge is -2.16. The third-order valence-electron chi connectivity index (χ3n) is 4.86. The van der Waals surface area contributed by atoms with E-state index in [2.05, 4.69) is 5.10 Å². The van der Waals surface area contributed by atoms with E-state index in [4.69, 9.17) is 9.47 Å². The van der Waals surface area contributed by atoms with Crippen molar-refractivity contribution in [1.82, 2.24) is 14.7 Å². The summed E-state index contributed by atoms with van der Waals surface area (Å²) in [6, 6.07) is 19.3. The van der Waals surface area contributed by atoms with Crippen molar-refractivity contribution >= 4 is 27.5 Å². The van der Waals surface area contributed by atoms with Crippen molar-refractivity contribution in [3.05, 3.63) is 71.2 Å². The number of aryl methyl sites for hydroxylation is 1. The lowest BCUT2D eigenvalue weighted by atomic mass is 10.3. The Hall–Kier alpha value is -3.32. The average molecular weight is 422 g/mol. The molecule has 0 aliphatic rings. The number of thiophene rings is 1. The maximum Gasteiger partial charge on any atom is 0.263 e. The molecular formula is C23H23N3O3S. The van der Waals surface area contributed by atoms with Gasteiger partial charge in [-0.15, -0.1) is 11.3 Å². The van der Waals surface area contributed by atoms with E-state index in [0.717, 1.165) is 33.1 Å². The number of para-hydroxylation sites is 1. The Morgan fingerprint density at radius 2 is 1.80 bits per heavy atom. The second-order valence-electron chi connectivity index (χ2n) is 6.91. The number of ether oxygens (including phenoxy) is 2. The molecule has 4 rings (SSSR count). The van der Waals surface area contributed by atoms with Crippen molar-refractivity contribution in [3.63, 3.8) is 0 Å². The van der Waals surface area contributed by atoms with Crippen molar-refractivity contribution in [2.24, 2.45) is 0 Å². The van der Waals surface area contributed by atoms with Gasteiger partial charge in [-0.3, -0.25) is 4.79 Å². The number of hydrogen-bond donors (Lipinski definition) is 0. The molecule has 2 aromatic heterocycles. The van der Waals surface area contributed by atoms with Gasteiger partial charge in [0.1, 0.15) is 22.9 Å². The largest absolute Gasteiger partial charge is 0.497 e. The van der Waals surface area contributed by atoms with Crippen LogP contribution >= 0.6 is 11.3 Å². The molecule has 1 amide bonds. The summed E-state index contributed by atoms with van der Waals surface area (Å²) in [5.41, 5.74) is 1.90. The van der Waals surface area contributed by atoms with Crippen molar-refractivity contribution in [2.75, 3.05) is 27.3 Å². The molecule has 0 radical (unpaired) electrons. The number of rotatable bonds is 7. The van der Waals surface area contributed by atoms with Crippen LogP contribution in [0.2, 0.25) is 0 Å². The smallest absolute Gasteiger partial charge is 0.263 e. The summed E-state index contributed by atoms with van der Waals surface area (Å²) in [5, 5.41) is 5.64. The van der Waals surface area contributed by atoms with Gasteiger partial charge in [0.25, 0.3) is 5.91 Å². The van der Waals surface area contributed by atoms with Gasteiger partial charge in [-0.05, 0) is 49.4 Å². The number of carbonyl (C=O) groups excluding carboxylic acids is 1. The molecule has 30 heavy (non-hydrogen) atoms. The number of fused-ring (bicyclic) bond motifs is 1. The normalized spacial score (nSPS) is 10.9. The summed E-state index contributed by atoms with van der Waals surface area (Å²) in [6.07, 6.45) is 0.